The number of alkyl halides is 1. The summed E-state index contributed by atoms with van der Waals surface area (Å²) in [5, 5.41) is 11.3. The predicted octanol–water partition coefficient (Wildman–Crippen LogP) is 3.19. The van der Waals surface area contributed by atoms with Gasteiger partial charge in [-0.25, -0.2) is 4.79 Å². The zero-order valence-electron chi connectivity index (χ0n) is 13.4. The fraction of sp³-hybridized carbons (Fsp3) is 0.375. The largest absolute Gasteiger partial charge is 0.480 e. The Bertz CT molecular complexity index is 597. The molecule has 0 aliphatic rings. The summed E-state index contributed by atoms with van der Waals surface area (Å²) in [4.78, 5) is 21.2. The number of nitrogens with one attached hydrogen (secondary N) is 1. The Hall–Kier alpha value is -1.94. The van der Waals surface area contributed by atoms with E-state index in [1.54, 1.807) is 38.1 Å². The minimum Gasteiger partial charge on any atom is -0.480 e. The van der Waals surface area contributed by atoms with Gasteiger partial charge in [-0.3, -0.25) is 10.1 Å². The summed E-state index contributed by atoms with van der Waals surface area (Å²) in [6, 6.07) is 6.05. The molecule has 6 nitrogen and oxygen atoms in total. The summed E-state index contributed by atoms with van der Waals surface area (Å²) in [6.45, 7) is 3.57. The molecule has 8 heteroatoms. The molecule has 1 rings (SSSR count). The Morgan fingerprint density at radius 2 is 2.04 bits per heavy atom. The van der Waals surface area contributed by atoms with Gasteiger partial charge >= 0.3 is 12.1 Å². The van der Waals surface area contributed by atoms with Crippen LogP contribution in [0.3, 0.4) is 0 Å². The quantitative estimate of drug-likeness (QED) is 0.554. The molecule has 0 bridgehead atoms. The van der Waals surface area contributed by atoms with Crippen molar-refractivity contribution in [1.29, 1.82) is 0 Å². The molecule has 0 unspecified atom stereocenters. The number of hydrogen-bond donors (Lipinski definition) is 3. The fourth-order valence-corrected chi connectivity index (χ4v) is 1.49. The Balaban J connectivity index is 0.000000561. The SMILES string of the molecule is CC(C)[C@H](N)C(=O)O.O=C(Nc1cccc(Cl)c1)OCC#CCCl. The van der Waals surface area contributed by atoms with Gasteiger partial charge in [0.25, 0.3) is 0 Å². The van der Waals surface area contributed by atoms with Gasteiger partial charge in [-0.15, -0.1) is 11.6 Å². The fourth-order valence-electron chi connectivity index (χ4n) is 1.21. The van der Waals surface area contributed by atoms with Gasteiger partial charge in [-0.1, -0.05) is 43.4 Å². The van der Waals surface area contributed by atoms with Crippen LogP contribution in [-0.4, -0.2) is 35.7 Å². The zero-order chi connectivity index (χ0) is 18.5. The Kier molecular flexibility index (Phi) is 11.5. The van der Waals surface area contributed by atoms with Crippen LogP contribution in [0.25, 0.3) is 0 Å². The highest BCUT2D eigenvalue weighted by Crippen LogP contribution is 2.14. The number of benzene rings is 1. The van der Waals surface area contributed by atoms with Crippen molar-refractivity contribution < 1.29 is 19.4 Å². The van der Waals surface area contributed by atoms with E-state index in [1.807, 2.05) is 0 Å². The van der Waals surface area contributed by atoms with E-state index in [0.29, 0.717) is 10.7 Å². The molecule has 1 amide bonds. The number of carbonyl (C=O) groups excluding carboxylic acids is 1. The summed E-state index contributed by atoms with van der Waals surface area (Å²) in [5.74, 6) is 4.45. The van der Waals surface area contributed by atoms with Crippen LogP contribution in [0.5, 0.6) is 0 Å². The first-order valence-electron chi connectivity index (χ1n) is 6.97. The molecule has 4 N–H and O–H groups in total. The molecule has 0 aliphatic heterocycles. The third-order valence-electron chi connectivity index (χ3n) is 2.54. The highest BCUT2D eigenvalue weighted by Gasteiger charge is 2.14. The second kappa shape index (κ2) is 12.5. The summed E-state index contributed by atoms with van der Waals surface area (Å²) < 4.78 is 4.76. The van der Waals surface area contributed by atoms with Gasteiger partial charge in [0, 0.05) is 10.7 Å². The summed E-state index contributed by atoms with van der Waals surface area (Å²) in [7, 11) is 0. The van der Waals surface area contributed by atoms with Crippen LogP contribution in [0.15, 0.2) is 24.3 Å². The number of amides is 1. The van der Waals surface area contributed by atoms with E-state index in [1.165, 1.54) is 0 Å². The van der Waals surface area contributed by atoms with E-state index in [4.69, 9.17) is 38.8 Å². The molecule has 1 aromatic rings. The van der Waals surface area contributed by atoms with Crippen LogP contribution in [0.4, 0.5) is 10.5 Å². The minimum atomic E-state index is -0.931. The Morgan fingerprint density at radius 3 is 2.50 bits per heavy atom. The summed E-state index contributed by atoms with van der Waals surface area (Å²) >= 11 is 11.1. The van der Waals surface area contributed by atoms with Crippen molar-refractivity contribution in [2.75, 3.05) is 17.8 Å². The van der Waals surface area contributed by atoms with Crippen molar-refractivity contribution in [3.8, 4) is 11.8 Å². The number of rotatable bonds is 4. The van der Waals surface area contributed by atoms with Crippen LogP contribution < -0.4 is 11.1 Å². The van der Waals surface area contributed by atoms with Crippen molar-refractivity contribution in [3.05, 3.63) is 29.3 Å². The lowest BCUT2D eigenvalue weighted by Gasteiger charge is -2.07. The molecule has 0 aliphatic carbocycles. The maximum Gasteiger partial charge on any atom is 0.412 e. The smallest absolute Gasteiger partial charge is 0.412 e. The predicted molar refractivity (Wildman–Crippen MR) is 95.4 cm³/mol. The number of aliphatic carboxylic acids is 1. The average Bonchev–Trinajstić information content (AvgIpc) is 2.51. The van der Waals surface area contributed by atoms with E-state index < -0.39 is 18.1 Å². The highest BCUT2D eigenvalue weighted by molar-refractivity contribution is 6.30. The minimum absolute atomic E-state index is 0.0130. The molecule has 0 radical (unpaired) electrons. The van der Waals surface area contributed by atoms with Crippen LogP contribution in [0.1, 0.15) is 13.8 Å². The second-order valence-corrected chi connectivity index (χ2v) is 5.51. The molecule has 0 saturated carbocycles. The van der Waals surface area contributed by atoms with Gasteiger partial charge in [-0.2, -0.15) is 0 Å². The topological polar surface area (TPSA) is 102 Å². The molecule has 0 saturated heterocycles. The summed E-state index contributed by atoms with van der Waals surface area (Å²) in [6.07, 6.45) is -0.578. The molecule has 1 atom stereocenters. The molecular weight excluding hydrogens is 355 g/mol. The molecular formula is C16H20Cl2N2O4. The van der Waals surface area contributed by atoms with Crippen LogP contribution in [-0.2, 0) is 9.53 Å². The van der Waals surface area contributed by atoms with E-state index >= 15 is 0 Å². The molecule has 0 aromatic heterocycles. The number of carboxylic acids is 1. The Labute approximate surface area is 151 Å². The number of anilines is 1. The number of hydrogen-bond acceptors (Lipinski definition) is 4. The maximum absolute atomic E-state index is 11.2. The molecule has 1 aromatic carbocycles. The second-order valence-electron chi connectivity index (χ2n) is 4.81. The molecule has 0 spiro atoms. The monoisotopic (exact) mass is 374 g/mol. The third-order valence-corrected chi connectivity index (χ3v) is 2.91. The lowest BCUT2D eigenvalue weighted by Crippen LogP contribution is -2.34. The van der Waals surface area contributed by atoms with Crippen LogP contribution in [0, 0.1) is 17.8 Å². The van der Waals surface area contributed by atoms with E-state index in [2.05, 4.69) is 17.2 Å². The zero-order valence-corrected chi connectivity index (χ0v) is 14.9. The first-order chi connectivity index (χ1) is 11.3. The first-order valence-corrected chi connectivity index (χ1v) is 7.88. The van der Waals surface area contributed by atoms with Gasteiger partial charge in [0.05, 0.1) is 5.88 Å². The molecule has 132 valence electrons. The lowest BCUT2D eigenvalue weighted by molar-refractivity contribution is -0.139. The van der Waals surface area contributed by atoms with Gasteiger partial charge in [0.15, 0.2) is 6.61 Å². The number of ether oxygens (including phenoxy) is 1. The molecule has 0 fully saturated rings. The Morgan fingerprint density at radius 1 is 1.38 bits per heavy atom. The average molecular weight is 375 g/mol. The summed E-state index contributed by atoms with van der Waals surface area (Å²) in [5.41, 5.74) is 5.73. The van der Waals surface area contributed by atoms with E-state index in [9.17, 15) is 9.59 Å². The van der Waals surface area contributed by atoms with Gasteiger partial charge < -0.3 is 15.6 Å². The lowest BCUT2D eigenvalue weighted by atomic mass is 10.1. The van der Waals surface area contributed by atoms with Gasteiger partial charge in [0.2, 0.25) is 0 Å². The van der Waals surface area contributed by atoms with Crippen LogP contribution in [0.2, 0.25) is 5.02 Å². The normalized spacial score (nSPS) is 10.6. The molecule has 0 heterocycles. The van der Waals surface area contributed by atoms with Gasteiger partial charge in [-0.05, 0) is 24.1 Å². The van der Waals surface area contributed by atoms with Crippen molar-refractivity contribution in [2.45, 2.75) is 19.9 Å². The maximum atomic E-state index is 11.2. The van der Waals surface area contributed by atoms with E-state index in [0.717, 1.165) is 0 Å². The van der Waals surface area contributed by atoms with Crippen molar-refractivity contribution >= 4 is 41.0 Å². The number of halogens is 2. The number of carboxylic acid groups (broad SMARTS) is 1. The van der Waals surface area contributed by atoms with Crippen LogP contribution >= 0.6 is 23.2 Å². The number of nitrogens with two attached hydrogens (primary N) is 1. The van der Waals surface area contributed by atoms with E-state index in [-0.39, 0.29) is 18.4 Å². The third kappa shape index (κ3) is 10.7. The highest BCUT2D eigenvalue weighted by atomic mass is 35.5. The van der Waals surface area contributed by atoms with Gasteiger partial charge in [0.1, 0.15) is 6.04 Å². The van der Waals surface area contributed by atoms with Crippen molar-refractivity contribution in [1.82, 2.24) is 0 Å². The first kappa shape index (κ1) is 22.1. The molecule has 24 heavy (non-hydrogen) atoms. The number of carbonyl (C=O) groups is 2. The van der Waals surface area contributed by atoms with Crippen molar-refractivity contribution in [2.24, 2.45) is 11.7 Å². The van der Waals surface area contributed by atoms with Crippen molar-refractivity contribution in [3.63, 3.8) is 0 Å². The standard InChI is InChI=1S/C11H9Cl2NO2.C5H11NO2/c12-6-1-2-7-16-11(15)14-10-5-3-4-9(13)8-10;1-3(2)4(6)5(7)8/h3-5,8H,6-7H2,(H,14,15);3-4H,6H2,1-2H3,(H,7,8)/t;4-/m.0/s1.